The third-order valence-electron chi connectivity index (χ3n) is 6.30. The molecule has 1 aliphatic carbocycles. The van der Waals surface area contributed by atoms with Crippen molar-refractivity contribution in [2.45, 2.75) is 82.9 Å². The van der Waals surface area contributed by atoms with Gasteiger partial charge in [-0.15, -0.1) is 0 Å². The Morgan fingerprint density at radius 3 is 2.91 bits per heavy atom. The summed E-state index contributed by atoms with van der Waals surface area (Å²) in [7, 11) is 0. The predicted molar refractivity (Wildman–Crippen MR) is 77.4 cm³/mol. The summed E-state index contributed by atoms with van der Waals surface area (Å²) in [5.41, 5.74) is -0.586. The summed E-state index contributed by atoms with van der Waals surface area (Å²) in [5, 5.41) is 0. The molecular weight excluding hydrogens is 284 g/mol. The van der Waals surface area contributed by atoms with Crippen molar-refractivity contribution in [2.75, 3.05) is 0 Å². The fourth-order valence-electron chi connectivity index (χ4n) is 5.03. The first kappa shape index (κ1) is 14.9. The Labute approximate surface area is 131 Å². The Morgan fingerprint density at radius 1 is 1.23 bits per heavy atom. The molecule has 4 saturated heterocycles. The van der Waals surface area contributed by atoms with Crippen molar-refractivity contribution in [3.05, 3.63) is 0 Å². The highest BCUT2D eigenvalue weighted by molar-refractivity contribution is 5.71. The number of esters is 1. The summed E-state index contributed by atoms with van der Waals surface area (Å²) in [4.78, 5) is 23.9. The average Bonchev–Trinajstić information content (AvgIpc) is 2.75. The van der Waals surface area contributed by atoms with Crippen molar-refractivity contribution >= 4 is 5.97 Å². The van der Waals surface area contributed by atoms with Crippen molar-refractivity contribution in [1.29, 1.82) is 0 Å². The van der Waals surface area contributed by atoms with E-state index in [-0.39, 0.29) is 11.9 Å². The van der Waals surface area contributed by atoms with Crippen molar-refractivity contribution in [3.63, 3.8) is 0 Å². The smallest absolute Gasteiger partial charge is 0.308 e. The first-order valence-corrected chi connectivity index (χ1v) is 8.84. The summed E-state index contributed by atoms with van der Waals surface area (Å²) >= 11 is 0. The second kappa shape index (κ2) is 5.18. The van der Waals surface area contributed by atoms with Crippen LogP contribution in [0.4, 0.5) is 0 Å². The molecule has 6 atom stereocenters. The number of rotatable bonds is 3. The van der Waals surface area contributed by atoms with E-state index in [2.05, 4.69) is 13.8 Å². The van der Waals surface area contributed by atoms with Gasteiger partial charge in [0.1, 0.15) is 0 Å². The van der Waals surface area contributed by atoms with E-state index in [1.165, 1.54) is 0 Å². The Balaban J connectivity index is 1.71. The zero-order valence-electron chi connectivity index (χ0n) is 13.5. The fourth-order valence-corrected chi connectivity index (χ4v) is 5.03. The molecule has 5 rings (SSSR count). The van der Waals surface area contributed by atoms with Gasteiger partial charge in [0.25, 0.3) is 0 Å². The Hall–Kier alpha value is -0.650. The summed E-state index contributed by atoms with van der Waals surface area (Å²) < 4.78 is 11.9. The summed E-state index contributed by atoms with van der Waals surface area (Å²) in [6.07, 6.45) is 6.68. The molecule has 0 N–H and O–H groups in total. The molecule has 124 valence electrons. The molecule has 0 aromatic heterocycles. The van der Waals surface area contributed by atoms with E-state index in [0.717, 1.165) is 44.9 Å². The lowest BCUT2D eigenvalue weighted by Crippen LogP contribution is -2.68. The van der Waals surface area contributed by atoms with Gasteiger partial charge >= 0.3 is 5.97 Å². The summed E-state index contributed by atoms with van der Waals surface area (Å²) in [5.74, 6) is 0.154. The molecule has 4 aliphatic heterocycles. The van der Waals surface area contributed by atoms with Gasteiger partial charge < -0.3 is 9.47 Å². The second-order valence-electron chi connectivity index (χ2n) is 7.57. The highest BCUT2D eigenvalue weighted by atomic mass is 17.3. The predicted octanol–water partition coefficient (Wildman–Crippen LogP) is 3.32. The number of hydrogen-bond acceptors (Lipinski definition) is 5. The normalized spacial score (nSPS) is 50.2. The molecule has 2 bridgehead atoms. The lowest BCUT2D eigenvalue weighted by molar-refractivity contribution is -0.561. The second-order valence-corrected chi connectivity index (χ2v) is 7.57. The number of carbonyl (C=O) groups is 1. The molecule has 5 aliphatic rings. The van der Waals surface area contributed by atoms with Gasteiger partial charge in [-0.2, -0.15) is 0 Å². The van der Waals surface area contributed by atoms with Gasteiger partial charge in [0.05, 0.1) is 6.42 Å². The highest BCUT2D eigenvalue weighted by Gasteiger charge is 2.69. The third-order valence-corrected chi connectivity index (χ3v) is 6.30. The minimum Gasteiger partial charge on any atom is -0.432 e. The Bertz CT molecular complexity index is 462. The number of hydrogen-bond donors (Lipinski definition) is 0. The fraction of sp³-hybridized carbons (Fsp3) is 0.941. The van der Waals surface area contributed by atoms with Crippen LogP contribution < -0.4 is 0 Å². The van der Waals surface area contributed by atoms with E-state index < -0.39 is 17.7 Å². The van der Waals surface area contributed by atoms with Crippen LogP contribution in [0, 0.1) is 17.8 Å². The molecule has 0 radical (unpaired) electrons. The van der Waals surface area contributed by atoms with E-state index in [9.17, 15) is 4.79 Å². The van der Waals surface area contributed by atoms with Crippen molar-refractivity contribution < 1.29 is 24.0 Å². The minimum atomic E-state index is -0.731. The van der Waals surface area contributed by atoms with Crippen molar-refractivity contribution in [2.24, 2.45) is 17.8 Å². The Kier molecular flexibility index (Phi) is 3.51. The first-order chi connectivity index (χ1) is 10.6. The van der Waals surface area contributed by atoms with E-state index in [1.807, 2.05) is 0 Å². The number of fused-ring (bicyclic) bond motifs is 2. The van der Waals surface area contributed by atoms with Crippen molar-refractivity contribution in [1.82, 2.24) is 0 Å². The van der Waals surface area contributed by atoms with Crippen LogP contribution in [0.1, 0.15) is 65.2 Å². The van der Waals surface area contributed by atoms with Crippen LogP contribution in [0.5, 0.6) is 0 Å². The van der Waals surface area contributed by atoms with E-state index in [0.29, 0.717) is 18.3 Å². The van der Waals surface area contributed by atoms with Gasteiger partial charge in [-0.05, 0) is 31.6 Å². The molecule has 5 nitrogen and oxygen atoms in total. The lowest BCUT2D eigenvalue weighted by atomic mass is 9.60. The van der Waals surface area contributed by atoms with Crippen LogP contribution in [-0.4, -0.2) is 23.6 Å². The largest absolute Gasteiger partial charge is 0.432 e. The molecule has 0 aromatic rings. The molecule has 1 saturated carbocycles. The van der Waals surface area contributed by atoms with Crippen LogP contribution >= 0.6 is 0 Å². The maximum atomic E-state index is 12.0. The van der Waals surface area contributed by atoms with Crippen molar-refractivity contribution in [3.8, 4) is 0 Å². The molecule has 5 fully saturated rings. The average molecular weight is 310 g/mol. The van der Waals surface area contributed by atoms with Crippen LogP contribution in [0.15, 0.2) is 0 Å². The maximum Gasteiger partial charge on any atom is 0.308 e. The van der Waals surface area contributed by atoms with Gasteiger partial charge in [0.2, 0.25) is 12.1 Å². The number of ether oxygens (including phenoxy) is 2. The topological polar surface area (TPSA) is 54.0 Å². The van der Waals surface area contributed by atoms with E-state index >= 15 is 0 Å². The minimum absolute atomic E-state index is 0.155. The van der Waals surface area contributed by atoms with E-state index in [4.69, 9.17) is 19.2 Å². The summed E-state index contributed by atoms with van der Waals surface area (Å²) in [6.45, 7) is 4.43. The van der Waals surface area contributed by atoms with Crippen LogP contribution in [0.2, 0.25) is 0 Å². The zero-order chi connectivity index (χ0) is 15.4. The molecule has 4 heterocycles. The molecule has 5 heteroatoms. The molecule has 0 amide bonds. The highest BCUT2D eigenvalue weighted by Crippen LogP contribution is 2.59. The standard InChI is InChI=1S/C17H26O5/c1-3-4-8-16-9-7-13-11(2)5-6-12-10-14(18)19-15(20-16)17(12,13)22-21-16/h11-13,15H,3-10H2,1-2H3/t11-,12+,13+,15-,16-,17-/m1/s1. The van der Waals surface area contributed by atoms with E-state index in [1.54, 1.807) is 0 Å². The van der Waals surface area contributed by atoms with Gasteiger partial charge in [0.15, 0.2) is 5.60 Å². The van der Waals surface area contributed by atoms with Crippen LogP contribution in [0.25, 0.3) is 0 Å². The number of carbonyl (C=O) groups excluding carboxylic acids is 1. The van der Waals surface area contributed by atoms with Gasteiger partial charge in [0, 0.05) is 24.7 Å². The van der Waals surface area contributed by atoms with Crippen LogP contribution in [0.3, 0.4) is 0 Å². The first-order valence-electron chi connectivity index (χ1n) is 8.84. The molecular formula is C17H26O5. The van der Waals surface area contributed by atoms with Gasteiger partial charge in [-0.3, -0.25) is 4.79 Å². The zero-order valence-corrected chi connectivity index (χ0v) is 13.5. The molecule has 0 unspecified atom stereocenters. The summed E-state index contributed by atoms with van der Waals surface area (Å²) in [6, 6.07) is 0. The molecule has 0 aromatic carbocycles. The number of unbranched alkanes of at least 4 members (excludes halogenated alkanes) is 1. The monoisotopic (exact) mass is 310 g/mol. The SMILES string of the molecule is CCCC[C@@]12CC[C@H]3[C@H](C)CC[C@H]4CC(=O)O[C@H](O1)[C@@]43OO2. The lowest BCUT2D eigenvalue weighted by Gasteiger charge is -2.56. The Morgan fingerprint density at radius 2 is 2.09 bits per heavy atom. The quantitative estimate of drug-likeness (QED) is 0.591. The third kappa shape index (κ3) is 1.98. The van der Waals surface area contributed by atoms with Gasteiger partial charge in [-0.25, -0.2) is 9.78 Å². The molecule has 22 heavy (non-hydrogen) atoms. The maximum absolute atomic E-state index is 12.0. The van der Waals surface area contributed by atoms with Gasteiger partial charge in [-0.1, -0.05) is 20.3 Å². The van der Waals surface area contributed by atoms with Crippen LogP contribution in [-0.2, 0) is 24.0 Å². The molecule has 1 spiro atoms.